The Morgan fingerprint density at radius 2 is 1.86 bits per heavy atom. The van der Waals surface area contributed by atoms with Gasteiger partial charge in [-0.25, -0.2) is 0 Å². The van der Waals surface area contributed by atoms with E-state index in [1.807, 2.05) is 32.0 Å². The first kappa shape index (κ1) is 15.1. The summed E-state index contributed by atoms with van der Waals surface area (Å²) in [5.41, 5.74) is 0.320. The van der Waals surface area contributed by atoms with Crippen LogP contribution < -0.4 is 5.56 Å². The van der Waals surface area contributed by atoms with Gasteiger partial charge in [-0.15, -0.1) is 11.3 Å². The van der Waals surface area contributed by atoms with Crippen molar-refractivity contribution >= 4 is 32.6 Å². The summed E-state index contributed by atoms with van der Waals surface area (Å²) in [7, 11) is 0. The molecule has 0 saturated carbocycles. The second-order valence-electron chi connectivity index (χ2n) is 5.03. The van der Waals surface area contributed by atoms with Crippen LogP contribution in [0.5, 0.6) is 0 Å². The smallest absolute Gasteiger partial charge is 0.279 e. The second-order valence-corrected chi connectivity index (χ2v) is 8.01. The molecule has 2 heterocycles. The van der Waals surface area contributed by atoms with Crippen molar-refractivity contribution in [1.82, 2.24) is 9.97 Å². The Morgan fingerprint density at radius 1 is 1.09 bits per heavy atom. The zero-order valence-corrected chi connectivity index (χ0v) is 13.8. The molecule has 22 heavy (non-hydrogen) atoms. The van der Waals surface area contributed by atoms with E-state index in [0.717, 1.165) is 4.70 Å². The highest BCUT2D eigenvalue weighted by molar-refractivity contribution is 7.91. The van der Waals surface area contributed by atoms with Crippen LogP contribution >= 0.6 is 11.3 Å². The summed E-state index contributed by atoms with van der Waals surface area (Å²) in [4.78, 5) is 20.6. The van der Waals surface area contributed by atoms with Crippen LogP contribution in [0.25, 0.3) is 20.8 Å². The summed E-state index contributed by atoms with van der Waals surface area (Å²) < 4.78 is 13.0. The van der Waals surface area contributed by atoms with Gasteiger partial charge in [0.25, 0.3) is 5.56 Å². The summed E-state index contributed by atoms with van der Waals surface area (Å²) in [5.74, 6) is 0. The van der Waals surface area contributed by atoms with Crippen LogP contribution in [0.2, 0.25) is 0 Å². The Balaban J connectivity index is 2.12. The lowest BCUT2D eigenvalue weighted by molar-refractivity contribution is 0.583. The van der Waals surface area contributed by atoms with Crippen LogP contribution in [0.3, 0.4) is 0 Å². The summed E-state index contributed by atoms with van der Waals surface area (Å²) in [6, 6.07) is 12.7. The fraction of sp³-hybridized carbons (Fsp3) is 0.188. The quantitative estimate of drug-likeness (QED) is 0.692. The molecule has 1 atom stereocenters. The zero-order valence-electron chi connectivity index (χ0n) is 12.1. The molecule has 3 rings (SSSR count). The van der Waals surface area contributed by atoms with E-state index >= 15 is 0 Å². The van der Waals surface area contributed by atoms with Crippen molar-refractivity contribution in [3.63, 3.8) is 0 Å². The Hall–Kier alpha value is -1.76. The molecule has 0 amide bonds. The monoisotopic (exact) mass is 330 g/mol. The SMILES string of the molecule is CC(C)[S+]([O-])c1cccc(-c2nc(=O)c3ccccc3s2)n1. The van der Waals surface area contributed by atoms with E-state index in [4.69, 9.17) is 0 Å². The van der Waals surface area contributed by atoms with Gasteiger partial charge in [0, 0.05) is 21.9 Å². The van der Waals surface area contributed by atoms with E-state index in [2.05, 4.69) is 9.97 Å². The molecule has 0 aliphatic heterocycles. The van der Waals surface area contributed by atoms with Crippen LogP contribution in [-0.2, 0) is 11.2 Å². The second kappa shape index (κ2) is 6.16. The first-order valence-electron chi connectivity index (χ1n) is 6.84. The van der Waals surface area contributed by atoms with Crippen LogP contribution in [0.4, 0.5) is 0 Å². The first-order chi connectivity index (χ1) is 10.6. The van der Waals surface area contributed by atoms with Crippen molar-refractivity contribution in [2.45, 2.75) is 24.1 Å². The lowest BCUT2D eigenvalue weighted by atomic mass is 10.3. The highest BCUT2D eigenvalue weighted by atomic mass is 32.2. The molecular formula is C16H14N2O2S2. The number of nitrogens with zero attached hydrogens (tertiary/aromatic N) is 2. The number of pyridine rings is 1. The minimum absolute atomic E-state index is 0.00828. The van der Waals surface area contributed by atoms with Gasteiger partial charge < -0.3 is 4.55 Å². The summed E-state index contributed by atoms with van der Waals surface area (Å²) in [5, 5.41) is 1.66. The average molecular weight is 330 g/mol. The molecule has 0 aliphatic carbocycles. The van der Waals surface area contributed by atoms with Crippen LogP contribution in [-0.4, -0.2) is 19.8 Å². The van der Waals surface area contributed by atoms with Gasteiger partial charge >= 0.3 is 0 Å². The van der Waals surface area contributed by atoms with Gasteiger partial charge in [0.1, 0.15) is 16.0 Å². The maximum absolute atomic E-state index is 12.2. The Morgan fingerprint density at radius 3 is 2.64 bits per heavy atom. The molecule has 6 heteroatoms. The van der Waals surface area contributed by atoms with Crippen molar-refractivity contribution < 1.29 is 4.55 Å². The van der Waals surface area contributed by atoms with E-state index in [9.17, 15) is 9.35 Å². The Labute approximate surface area is 135 Å². The first-order valence-corrected chi connectivity index (χ1v) is 8.87. The number of hydrogen-bond acceptors (Lipinski definition) is 5. The van der Waals surface area contributed by atoms with Crippen molar-refractivity contribution in [1.29, 1.82) is 0 Å². The zero-order chi connectivity index (χ0) is 15.7. The molecular weight excluding hydrogens is 316 g/mol. The average Bonchev–Trinajstić information content (AvgIpc) is 2.54. The third-order valence-electron chi connectivity index (χ3n) is 3.10. The fourth-order valence-electron chi connectivity index (χ4n) is 2.01. The largest absolute Gasteiger partial charge is 0.610 e. The van der Waals surface area contributed by atoms with E-state index < -0.39 is 11.2 Å². The lowest BCUT2D eigenvalue weighted by Gasteiger charge is -2.13. The van der Waals surface area contributed by atoms with Crippen LogP contribution in [0.15, 0.2) is 52.3 Å². The summed E-state index contributed by atoms with van der Waals surface area (Å²) >= 11 is 0.246. The topological polar surface area (TPSA) is 65.9 Å². The molecule has 0 radical (unpaired) electrons. The van der Waals surface area contributed by atoms with Crippen molar-refractivity contribution in [3.8, 4) is 10.7 Å². The van der Waals surface area contributed by atoms with E-state index in [-0.39, 0.29) is 10.8 Å². The van der Waals surface area contributed by atoms with Crippen LogP contribution in [0, 0.1) is 0 Å². The highest BCUT2D eigenvalue weighted by Crippen LogP contribution is 2.25. The summed E-state index contributed by atoms with van der Waals surface area (Å²) in [6.45, 7) is 3.77. The lowest BCUT2D eigenvalue weighted by Crippen LogP contribution is -2.15. The Kier molecular flexibility index (Phi) is 4.24. The predicted octanol–water partition coefficient (Wildman–Crippen LogP) is 3.23. The molecule has 112 valence electrons. The van der Waals surface area contributed by atoms with E-state index in [0.29, 0.717) is 21.1 Å². The standard InChI is InChI=1S/C16H14N2O2S2/c1-10(2)22(20)14-9-5-7-12(17-14)16-18-15(19)11-6-3-4-8-13(11)21-16/h3-10H,1-2H3. The minimum Gasteiger partial charge on any atom is -0.610 e. The Bertz CT molecular complexity index is 877. The molecule has 0 spiro atoms. The third-order valence-corrected chi connectivity index (χ3v) is 5.67. The van der Waals surface area contributed by atoms with Gasteiger partial charge in [0.15, 0.2) is 0 Å². The number of hydrogen-bond donors (Lipinski definition) is 0. The molecule has 4 nitrogen and oxygen atoms in total. The molecule has 0 N–H and O–H groups in total. The van der Waals surface area contributed by atoms with Gasteiger partial charge in [-0.3, -0.25) is 4.79 Å². The number of fused-ring (bicyclic) bond motifs is 1. The summed E-state index contributed by atoms with van der Waals surface area (Å²) in [6.07, 6.45) is 0. The van der Waals surface area contributed by atoms with Gasteiger partial charge in [-0.2, -0.15) is 9.97 Å². The van der Waals surface area contributed by atoms with Crippen molar-refractivity contribution in [2.24, 2.45) is 0 Å². The number of rotatable bonds is 3. The maximum atomic E-state index is 12.2. The van der Waals surface area contributed by atoms with Crippen molar-refractivity contribution in [2.75, 3.05) is 0 Å². The van der Waals surface area contributed by atoms with Gasteiger partial charge in [-0.05, 0) is 32.0 Å². The molecule has 1 unspecified atom stereocenters. The van der Waals surface area contributed by atoms with Crippen LogP contribution in [0.1, 0.15) is 13.8 Å². The minimum atomic E-state index is -1.16. The highest BCUT2D eigenvalue weighted by Gasteiger charge is 2.18. The maximum Gasteiger partial charge on any atom is 0.279 e. The number of benzene rings is 1. The molecule has 0 bridgehead atoms. The molecule has 1 aromatic carbocycles. The molecule has 0 aliphatic rings. The van der Waals surface area contributed by atoms with Gasteiger partial charge in [0.05, 0.1) is 5.39 Å². The number of aromatic nitrogens is 2. The normalized spacial score (nSPS) is 12.7. The fourth-order valence-corrected chi connectivity index (χ4v) is 3.86. The molecule has 0 saturated heterocycles. The van der Waals surface area contributed by atoms with Gasteiger partial charge in [0.2, 0.25) is 5.03 Å². The van der Waals surface area contributed by atoms with Crippen molar-refractivity contribution in [3.05, 3.63) is 52.8 Å². The third kappa shape index (κ3) is 2.90. The molecule has 0 fully saturated rings. The van der Waals surface area contributed by atoms with Gasteiger partial charge in [-0.1, -0.05) is 18.2 Å². The predicted molar refractivity (Wildman–Crippen MR) is 90.7 cm³/mol. The van der Waals surface area contributed by atoms with E-state index in [1.54, 1.807) is 24.3 Å². The van der Waals surface area contributed by atoms with E-state index in [1.165, 1.54) is 11.3 Å². The molecule has 2 aromatic heterocycles. The molecule has 3 aromatic rings.